The predicted octanol–water partition coefficient (Wildman–Crippen LogP) is 5.06. The Balaban J connectivity index is 1.56. The van der Waals surface area contributed by atoms with Crippen molar-refractivity contribution in [2.75, 3.05) is 11.9 Å². The van der Waals surface area contributed by atoms with E-state index in [1.165, 1.54) is 10.9 Å². The van der Waals surface area contributed by atoms with Gasteiger partial charge in [-0.1, -0.05) is 41.4 Å². The normalized spacial score (nSPS) is 13.8. The quantitative estimate of drug-likeness (QED) is 0.626. The summed E-state index contributed by atoms with van der Waals surface area (Å²) in [5.41, 5.74) is 4.03. The van der Waals surface area contributed by atoms with E-state index >= 15 is 0 Å². The van der Waals surface area contributed by atoms with Crippen LogP contribution in [-0.2, 0) is 13.0 Å². The number of urea groups is 1. The molecule has 0 radical (unpaired) electrons. The zero-order chi connectivity index (χ0) is 16.7. The van der Waals surface area contributed by atoms with Gasteiger partial charge in [0.15, 0.2) is 0 Å². The summed E-state index contributed by atoms with van der Waals surface area (Å²) < 4.78 is 0. The number of halogens is 2. The summed E-state index contributed by atoms with van der Waals surface area (Å²) in [5, 5.41) is 5.09. The van der Waals surface area contributed by atoms with E-state index in [4.69, 9.17) is 23.2 Å². The van der Waals surface area contributed by atoms with Gasteiger partial charge in [0.25, 0.3) is 0 Å². The van der Waals surface area contributed by atoms with E-state index in [1.807, 2.05) is 12.1 Å². The minimum atomic E-state index is -0.177. The van der Waals surface area contributed by atoms with Crippen molar-refractivity contribution in [3.63, 3.8) is 0 Å². The highest BCUT2D eigenvalue weighted by Gasteiger charge is 2.24. The van der Waals surface area contributed by atoms with Crippen LogP contribution in [0.15, 0.2) is 42.5 Å². The Morgan fingerprint density at radius 1 is 1.17 bits per heavy atom. The molecule has 2 aromatic carbocycles. The molecule has 3 aromatic rings. The molecule has 2 heterocycles. The SMILES string of the molecule is O=C(Nc1cc(Cl)ccc1Cl)N1CCc2c([nH]c3ccccc23)C1. The lowest BCUT2D eigenvalue weighted by Gasteiger charge is -2.27. The molecule has 1 aliphatic rings. The lowest BCUT2D eigenvalue weighted by Crippen LogP contribution is -2.38. The Morgan fingerprint density at radius 3 is 2.88 bits per heavy atom. The maximum atomic E-state index is 12.6. The number of aromatic nitrogens is 1. The van der Waals surface area contributed by atoms with Gasteiger partial charge >= 0.3 is 6.03 Å². The van der Waals surface area contributed by atoms with Crippen molar-refractivity contribution in [3.8, 4) is 0 Å². The third-order valence-corrected chi connectivity index (χ3v) is 4.90. The summed E-state index contributed by atoms with van der Waals surface area (Å²) in [5.74, 6) is 0. The number of carbonyl (C=O) groups is 1. The second-order valence-electron chi connectivity index (χ2n) is 5.85. The molecular formula is C18H15Cl2N3O. The predicted molar refractivity (Wildman–Crippen MR) is 97.9 cm³/mol. The second kappa shape index (κ2) is 6.04. The summed E-state index contributed by atoms with van der Waals surface area (Å²) in [6.07, 6.45) is 0.829. The molecular weight excluding hydrogens is 345 g/mol. The van der Waals surface area contributed by atoms with Gasteiger partial charge in [-0.25, -0.2) is 4.79 Å². The Hall–Kier alpha value is -2.17. The van der Waals surface area contributed by atoms with Gasteiger partial charge in [-0.05, 0) is 36.2 Å². The van der Waals surface area contributed by atoms with Crippen molar-refractivity contribution in [2.45, 2.75) is 13.0 Å². The lowest BCUT2D eigenvalue weighted by atomic mass is 10.0. The zero-order valence-electron chi connectivity index (χ0n) is 12.8. The van der Waals surface area contributed by atoms with Crippen LogP contribution < -0.4 is 5.32 Å². The first-order chi connectivity index (χ1) is 11.6. The molecule has 0 atom stereocenters. The number of anilines is 1. The van der Waals surface area contributed by atoms with Crippen LogP contribution in [0.5, 0.6) is 0 Å². The molecule has 122 valence electrons. The van der Waals surface area contributed by atoms with Crippen molar-refractivity contribution in [3.05, 3.63) is 63.8 Å². The fourth-order valence-corrected chi connectivity index (χ4v) is 3.49. The number of nitrogens with zero attached hydrogens (tertiary/aromatic N) is 1. The zero-order valence-corrected chi connectivity index (χ0v) is 14.3. The number of carbonyl (C=O) groups excluding carboxylic acids is 1. The summed E-state index contributed by atoms with van der Waals surface area (Å²) in [4.78, 5) is 17.7. The molecule has 0 saturated carbocycles. The van der Waals surface area contributed by atoms with Crippen molar-refractivity contribution >= 4 is 45.8 Å². The van der Waals surface area contributed by atoms with E-state index in [0.717, 1.165) is 17.6 Å². The molecule has 0 unspecified atom stereocenters. The number of benzene rings is 2. The highest BCUT2D eigenvalue weighted by Crippen LogP contribution is 2.29. The molecule has 2 N–H and O–H groups in total. The Kier molecular flexibility index (Phi) is 3.87. The van der Waals surface area contributed by atoms with Crippen molar-refractivity contribution in [2.24, 2.45) is 0 Å². The molecule has 0 fully saturated rings. The fourth-order valence-electron chi connectivity index (χ4n) is 3.15. The van der Waals surface area contributed by atoms with Gasteiger partial charge in [-0.15, -0.1) is 0 Å². The Bertz CT molecular complexity index is 935. The molecule has 4 rings (SSSR count). The van der Waals surface area contributed by atoms with E-state index in [2.05, 4.69) is 22.4 Å². The maximum absolute atomic E-state index is 12.6. The van der Waals surface area contributed by atoms with Crippen molar-refractivity contribution in [1.29, 1.82) is 0 Å². The molecule has 0 bridgehead atoms. The number of fused-ring (bicyclic) bond motifs is 3. The third kappa shape index (κ3) is 2.72. The molecule has 4 nitrogen and oxygen atoms in total. The number of aromatic amines is 1. The summed E-state index contributed by atoms with van der Waals surface area (Å²) in [6.45, 7) is 1.22. The average Bonchev–Trinajstić information content (AvgIpc) is 2.95. The molecule has 6 heteroatoms. The second-order valence-corrected chi connectivity index (χ2v) is 6.70. The highest BCUT2D eigenvalue weighted by molar-refractivity contribution is 6.35. The Labute approximate surface area is 149 Å². The third-order valence-electron chi connectivity index (χ3n) is 4.34. The highest BCUT2D eigenvalue weighted by atomic mass is 35.5. The number of hydrogen-bond donors (Lipinski definition) is 2. The number of nitrogens with one attached hydrogen (secondary N) is 2. The number of rotatable bonds is 1. The summed E-state index contributed by atoms with van der Waals surface area (Å²) >= 11 is 12.1. The fraction of sp³-hybridized carbons (Fsp3) is 0.167. The van der Waals surface area contributed by atoms with Crippen LogP contribution in [0.25, 0.3) is 10.9 Å². The monoisotopic (exact) mass is 359 g/mol. The first-order valence-electron chi connectivity index (χ1n) is 7.71. The van der Waals surface area contributed by atoms with Gasteiger partial charge in [-0.3, -0.25) is 0 Å². The van der Waals surface area contributed by atoms with Crippen LogP contribution in [-0.4, -0.2) is 22.5 Å². The molecule has 0 spiro atoms. The van der Waals surface area contributed by atoms with Crippen LogP contribution >= 0.6 is 23.2 Å². The van der Waals surface area contributed by atoms with E-state index in [9.17, 15) is 4.79 Å². The van der Waals surface area contributed by atoms with Crippen LogP contribution in [0, 0.1) is 0 Å². The van der Waals surface area contributed by atoms with E-state index in [0.29, 0.717) is 28.8 Å². The van der Waals surface area contributed by atoms with Crippen LogP contribution in [0.1, 0.15) is 11.3 Å². The van der Waals surface area contributed by atoms with E-state index in [-0.39, 0.29) is 6.03 Å². The molecule has 1 aromatic heterocycles. The molecule has 2 amide bonds. The molecule has 24 heavy (non-hydrogen) atoms. The summed E-state index contributed by atoms with van der Waals surface area (Å²) in [7, 11) is 0. The van der Waals surface area contributed by atoms with Crippen LogP contribution in [0.3, 0.4) is 0 Å². The van der Waals surface area contributed by atoms with Crippen LogP contribution in [0.4, 0.5) is 10.5 Å². The largest absolute Gasteiger partial charge is 0.357 e. The van der Waals surface area contributed by atoms with Crippen molar-refractivity contribution in [1.82, 2.24) is 9.88 Å². The maximum Gasteiger partial charge on any atom is 0.322 e. The number of hydrogen-bond acceptors (Lipinski definition) is 1. The lowest BCUT2D eigenvalue weighted by molar-refractivity contribution is 0.206. The van der Waals surface area contributed by atoms with Crippen LogP contribution in [0.2, 0.25) is 10.0 Å². The van der Waals surface area contributed by atoms with E-state index in [1.54, 1.807) is 23.1 Å². The van der Waals surface area contributed by atoms with Gasteiger partial charge in [-0.2, -0.15) is 0 Å². The van der Waals surface area contributed by atoms with Gasteiger partial charge in [0, 0.05) is 28.2 Å². The van der Waals surface area contributed by atoms with Gasteiger partial charge < -0.3 is 15.2 Å². The average molecular weight is 360 g/mol. The Morgan fingerprint density at radius 2 is 2.00 bits per heavy atom. The molecule has 0 saturated heterocycles. The number of para-hydroxylation sites is 1. The van der Waals surface area contributed by atoms with Gasteiger partial charge in [0.05, 0.1) is 17.3 Å². The first kappa shape index (κ1) is 15.4. The first-order valence-corrected chi connectivity index (χ1v) is 8.47. The minimum Gasteiger partial charge on any atom is -0.357 e. The standard InChI is InChI=1S/C18H15Cl2N3O/c19-11-5-6-14(20)16(9-11)22-18(24)23-8-7-13-12-3-1-2-4-15(12)21-17(13)10-23/h1-6,9,21H,7-8,10H2,(H,22,24). The minimum absolute atomic E-state index is 0.177. The number of amides is 2. The van der Waals surface area contributed by atoms with Crippen molar-refractivity contribution < 1.29 is 4.79 Å². The van der Waals surface area contributed by atoms with Gasteiger partial charge in [0.1, 0.15) is 0 Å². The smallest absolute Gasteiger partial charge is 0.322 e. The number of H-pyrrole nitrogens is 1. The topological polar surface area (TPSA) is 48.1 Å². The summed E-state index contributed by atoms with van der Waals surface area (Å²) in [6, 6.07) is 13.1. The molecule has 0 aliphatic carbocycles. The molecule has 1 aliphatic heterocycles. The van der Waals surface area contributed by atoms with E-state index < -0.39 is 0 Å². The van der Waals surface area contributed by atoms with Gasteiger partial charge in [0.2, 0.25) is 0 Å².